The molecule has 1 aliphatic heterocycles. The number of nitrogens with zero attached hydrogens (tertiary/aromatic N) is 3. The number of piperidine rings is 1. The average molecular weight is 450 g/mol. The fourth-order valence-corrected chi connectivity index (χ4v) is 4.25. The zero-order valence-corrected chi connectivity index (χ0v) is 18.5. The molecular weight excluding hydrogens is 424 g/mol. The number of aromatic hydroxyl groups is 1. The maximum Gasteiger partial charge on any atom is 0.200 e. The van der Waals surface area contributed by atoms with E-state index in [1.165, 1.54) is 30.5 Å². The van der Waals surface area contributed by atoms with Crippen molar-refractivity contribution in [2.24, 2.45) is 5.41 Å². The van der Waals surface area contributed by atoms with Crippen molar-refractivity contribution in [3.63, 3.8) is 0 Å². The van der Waals surface area contributed by atoms with E-state index in [1.807, 2.05) is 18.3 Å². The molecule has 1 saturated heterocycles. The summed E-state index contributed by atoms with van der Waals surface area (Å²) >= 11 is 0. The monoisotopic (exact) mass is 449 g/mol. The van der Waals surface area contributed by atoms with E-state index in [1.54, 1.807) is 0 Å². The molecule has 1 aliphatic rings. The highest BCUT2D eigenvalue weighted by molar-refractivity contribution is 5.99. The van der Waals surface area contributed by atoms with Crippen LogP contribution in [-0.4, -0.2) is 33.1 Å². The molecule has 0 atom stereocenters. The molecule has 5 rings (SSSR count). The van der Waals surface area contributed by atoms with Gasteiger partial charge in [-0.3, -0.25) is 0 Å². The lowest BCUT2D eigenvalue weighted by atomic mass is 9.82. The van der Waals surface area contributed by atoms with Gasteiger partial charge in [0.2, 0.25) is 0 Å². The Labute approximate surface area is 190 Å². The lowest BCUT2D eigenvalue weighted by molar-refractivity contribution is 0.280. The third-order valence-corrected chi connectivity index (χ3v) is 6.34. The number of pyridine rings is 2. The molecule has 4 heterocycles. The number of nitrogens with one attached hydrogen (secondary N) is 2. The summed E-state index contributed by atoms with van der Waals surface area (Å²) < 4.78 is 28.8. The van der Waals surface area contributed by atoms with Gasteiger partial charge in [-0.15, -0.1) is 0 Å². The Morgan fingerprint density at radius 3 is 2.48 bits per heavy atom. The van der Waals surface area contributed by atoms with Gasteiger partial charge in [0.05, 0.1) is 39.7 Å². The summed E-state index contributed by atoms with van der Waals surface area (Å²) in [6.07, 6.45) is 5.56. The number of hydrogen-bond donors (Lipinski definition) is 3. The van der Waals surface area contributed by atoms with Crippen LogP contribution >= 0.6 is 0 Å². The zero-order valence-electron chi connectivity index (χ0n) is 18.5. The van der Waals surface area contributed by atoms with E-state index in [0.29, 0.717) is 27.8 Å². The van der Waals surface area contributed by atoms with Gasteiger partial charge in [0.1, 0.15) is 17.5 Å². The Kier molecular flexibility index (Phi) is 5.15. The minimum Gasteiger partial charge on any atom is -0.494 e. The van der Waals surface area contributed by atoms with E-state index in [0.717, 1.165) is 31.6 Å². The molecule has 6 nitrogen and oxygen atoms in total. The average Bonchev–Trinajstić information content (AvgIpc) is 3.15. The van der Waals surface area contributed by atoms with Crippen LogP contribution in [0.25, 0.3) is 22.2 Å². The minimum absolute atomic E-state index is 0.0897. The second-order valence-electron chi connectivity index (χ2n) is 9.23. The van der Waals surface area contributed by atoms with Crippen molar-refractivity contribution in [1.29, 1.82) is 0 Å². The Balaban J connectivity index is 1.47. The van der Waals surface area contributed by atoms with Crippen LogP contribution in [0.3, 0.4) is 0 Å². The number of benzene rings is 1. The number of hydrogen-bond acceptors (Lipinski definition) is 5. The standard InChI is InChI=1S/C25H25F2N5O/c1-25(2)8-10-32(11-9-25)15-6-7-21(28-13-15)31-19-12-18(22-16(26)4-3-5-17(22)27)30-20-14-29-24(33)23(19)20/h3-7,12-14,29,33H,8-11H2,1-2H3,(H,28,31). The van der Waals surface area contributed by atoms with Crippen LogP contribution < -0.4 is 10.2 Å². The molecule has 0 radical (unpaired) electrons. The topological polar surface area (TPSA) is 77.1 Å². The predicted molar refractivity (Wildman–Crippen MR) is 126 cm³/mol. The van der Waals surface area contributed by atoms with Crippen molar-refractivity contribution in [2.45, 2.75) is 26.7 Å². The minimum atomic E-state index is -0.709. The van der Waals surface area contributed by atoms with E-state index in [4.69, 9.17) is 0 Å². The molecule has 1 fully saturated rings. The maximum atomic E-state index is 14.4. The van der Waals surface area contributed by atoms with E-state index >= 15 is 0 Å². The normalized spacial score (nSPS) is 15.7. The SMILES string of the molecule is CC1(C)CCN(c2ccc(Nc3cc(-c4c(F)cccc4F)nc4c[nH]c(O)c34)nc2)CC1. The molecule has 8 heteroatoms. The third-order valence-electron chi connectivity index (χ3n) is 6.34. The van der Waals surface area contributed by atoms with Crippen molar-refractivity contribution in [2.75, 3.05) is 23.3 Å². The number of rotatable bonds is 4. The van der Waals surface area contributed by atoms with E-state index in [2.05, 4.69) is 39.0 Å². The van der Waals surface area contributed by atoms with Crippen LogP contribution in [0.5, 0.6) is 5.88 Å². The van der Waals surface area contributed by atoms with Crippen LogP contribution in [0.4, 0.5) is 26.0 Å². The lowest BCUT2D eigenvalue weighted by Gasteiger charge is -2.38. The molecule has 0 bridgehead atoms. The third kappa shape index (κ3) is 4.08. The Hall–Kier alpha value is -3.68. The van der Waals surface area contributed by atoms with Gasteiger partial charge in [-0.05, 0) is 48.6 Å². The maximum absolute atomic E-state index is 14.4. The molecule has 0 saturated carbocycles. The van der Waals surface area contributed by atoms with Gasteiger partial charge in [0, 0.05) is 19.3 Å². The Morgan fingerprint density at radius 1 is 1.09 bits per heavy atom. The molecule has 0 amide bonds. The van der Waals surface area contributed by atoms with Crippen LogP contribution in [0.15, 0.2) is 48.8 Å². The summed E-state index contributed by atoms with van der Waals surface area (Å²) in [7, 11) is 0. The van der Waals surface area contributed by atoms with Gasteiger partial charge < -0.3 is 20.3 Å². The van der Waals surface area contributed by atoms with Crippen molar-refractivity contribution in [1.82, 2.24) is 15.0 Å². The molecule has 4 aromatic rings. The summed E-state index contributed by atoms with van der Waals surface area (Å²) in [5.74, 6) is -0.961. The van der Waals surface area contributed by atoms with Crippen LogP contribution in [0.2, 0.25) is 0 Å². The fraction of sp³-hybridized carbons (Fsp3) is 0.280. The highest BCUT2D eigenvalue weighted by Gasteiger charge is 2.25. The van der Waals surface area contributed by atoms with Crippen molar-refractivity contribution in [3.05, 3.63) is 60.4 Å². The van der Waals surface area contributed by atoms with Crippen molar-refractivity contribution >= 4 is 28.1 Å². The molecule has 3 aromatic heterocycles. The second-order valence-corrected chi connectivity index (χ2v) is 9.23. The molecule has 1 aromatic carbocycles. The van der Waals surface area contributed by atoms with E-state index in [-0.39, 0.29) is 17.1 Å². The molecule has 33 heavy (non-hydrogen) atoms. The van der Waals surface area contributed by atoms with Crippen molar-refractivity contribution < 1.29 is 13.9 Å². The Morgan fingerprint density at radius 2 is 1.82 bits per heavy atom. The highest BCUT2D eigenvalue weighted by atomic mass is 19.1. The number of fused-ring (bicyclic) bond motifs is 1. The summed E-state index contributed by atoms with van der Waals surface area (Å²) in [4.78, 5) is 13.9. The van der Waals surface area contributed by atoms with Gasteiger partial charge in [-0.1, -0.05) is 19.9 Å². The van der Waals surface area contributed by atoms with Gasteiger partial charge in [-0.2, -0.15) is 0 Å². The number of anilines is 3. The first-order valence-electron chi connectivity index (χ1n) is 10.9. The molecule has 0 unspecified atom stereocenters. The smallest absolute Gasteiger partial charge is 0.200 e. The first-order chi connectivity index (χ1) is 15.8. The quantitative estimate of drug-likeness (QED) is 0.357. The van der Waals surface area contributed by atoms with Gasteiger partial charge in [-0.25, -0.2) is 18.7 Å². The summed E-state index contributed by atoms with van der Waals surface area (Å²) in [5, 5.41) is 13.9. The van der Waals surface area contributed by atoms with Gasteiger partial charge >= 0.3 is 0 Å². The zero-order chi connectivity index (χ0) is 23.2. The number of H-pyrrole nitrogens is 1. The first kappa shape index (κ1) is 21.2. The molecule has 170 valence electrons. The van der Waals surface area contributed by atoms with Gasteiger partial charge in [0.15, 0.2) is 5.88 Å². The number of halogens is 2. The van der Waals surface area contributed by atoms with Crippen LogP contribution in [-0.2, 0) is 0 Å². The van der Waals surface area contributed by atoms with Crippen molar-refractivity contribution in [3.8, 4) is 17.1 Å². The first-order valence-corrected chi connectivity index (χ1v) is 10.9. The Bertz CT molecular complexity index is 1290. The highest BCUT2D eigenvalue weighted by Crippen LogP contribution is 2.37. The summed E-state index contributed by atoms with van der Waals surface area (Å²) in [5.41, 5.74) is 2.13. The van der Waals surface area contributed by atoms with E-state index < -0.39 is 11.6 Å². The summed E-state index contributed by atoms with van der Waals surface area (Å²) in [6, 6.07) is 9.05. The van der Waals surface area contributed by atoms with E-state index in [9.17, 15) is 13.9 Å². The molecule has 3 N–H and O–H groups in total. The van der Waals surface area contributed by atoms with Crippen LogP contribution in [0.1, 0.15) is 26.7 Å². The summed E-state index contributed by atoms with van der Waals surface area (Å²) in [6.45, 7) is 6.56. The fourth-order valence-electron chi connectivity index (χ4n) is 4.25. The predicted octanol–water partition coefficient (Wildman–Crippen LogP) is 5.98. The number of aromatic amines is 1. The largest absolute Gasteiger partial charge is 0.494 e. The van der Waals surface area contributed by atoms with Gasteiger partial charge in [0.25, 0.3) is 0 Å². The second kappa shape index (κ2) is 8.03. The van der Waals surface area contributed by atoms with Crippen LogP contribution in [0, 0.1) is 17.0 Å². The molecule has 0 aliphatic carbocycles. The molecule has 0 spiro atoms. The number of aromatic nitrogens is 3. The lowest BCUT2D eigenvalue weighted by Crippen LogP contribution is -2.37. The molecular formula is C25H25F2N5O.